The molecule has 0 saturated carbocycles. The molecule has 1 aromatic heterocycles. The molecule has 2 aromatic carbocycles. The Morgan fingerprint density at radius 3 is 2.36 bits per heavy atom. The van der Waals surface area contributed by atoms with Crippen LogP contribution in [0, 0.1) is 21.4 Å². The highest BCUT2D eigenvalue weighted by molar-refractivity contribution is 5.96. The van der Waals surface area contributed by atoms with Crippen molar-refractivity contribution < 1.29 is 24.4 Å². The van der Waals surface area contributed by atoms with E-state index in [1.807, 2.05) is 6.07 Å². The number of piperazine rings is 1. The minimum atomic E-state index is -1.12. The Hall–Kier alpha value is -5.31. The number of aliphatic carboxylic acids is 1. The fourth-order valence-electron chi connectivity index (χ4n) is 4.35. The third-order valence-electron chi connectivity index (χ3n) is 6.37. The van der Waals surface area contributed by atoms with Crippen molar-refractivity contribution in [1.82, 2.24) is 15.2 Å². The summed E-state index contributed by atoms with van der Waals surface area (Å²) in [5.41, 5.74) is 1.46. The molecule has 198 valence electrons. The molecule has 4 rings (SSSR count). The van der Waals surface area contributed by atoms with Gasteiger partial charge in [0.05, 0.1) is 29.0 Å². The van der Waals surface area contributed by atoms with E-state index < -0.39 is 22.8 Å². The summed E-state index contributed by atoms with van der Waals surface area (Å²) < 4.78 is 0. The molecule has 1 atom stereocenters. The van der Waals surface area contributed by atoms with E-state index >= 15 is 0 Å². The van der Waals surface area contributed by atoms with E-state index in [1.54, 1.807) is 46.2 Å². The number of carbonyl (C=O) groups excluding carboxylic acids is 2. The number of nitrogens with zero attached hydrogens (tertiary/aromatic N) is 5. The number of rotatable bonds is 8. The lowest BCUT2D eigenvalue weighted by Gasteiger charge is -2.36. The van der Waals surface area contributed by atoms with Crippen molar-refractivity contribution in [3.8, 4) is 6.07 Å². The van der Waals surface area contributed by atoms with Crippen LogP contribution in [0.25, 0.3) is 0 Å². The Morgan fingerprint density at radius 2 is 1.77 bits per heavy atom. The maximum Gasteiger partial charge on any atom is 0.305 e. The summed E-state index contributed by atoms with van der Waals surface area (Å²) in [7, 11) is 0. The molecule has 0 radical (unpaired) electrons. The predicted molar refractivity (Wildman–Crippen MR) is 139 cm³/mol. The topological polar surface area (TPSA) is 170 Å². The number of pyridine rings is 1. The molecule has 2 heterocycles. The number of nitro benzene ring substituents is 1. The molecule has 39 heavy (non-hydrogen) atoms. The van der Waals surface area contributed by atoms with Gasteiger partial charge in [0.15, 0.2) is 0 Å². The molecule has 1 aliphatic heterocycles. The summed E-state index contributed by atoms with van der Waals surface area (Å²) >= 11 is 0. The number of benzene rings is 2. The van der Waals surface area contributed by atoms with Gasteiger partial charge in [-0.2, -0.15) is 5.26 Å². The van der Waals surface area contributed by atoms with Crippen molar-refractivity contribution in [2.75, 3.05) is 31.1 Å². The highest BCUT2D eigenvalue weighted by atomic mass is 16.6. The largest absolute Gasteiger partial charge is 0.481 e. The minimum absolute atomic E-state index is 0.0133. The molecule has 1 fully saturated rings. The first-order valence-electron chi connectivity index (χ1n) is 12.0. The van der Waals surface area contributed by atoms with Gasteiger partial charge in [-0.25, -0.2) is 0 Å². The van der Waals surface area contributed by atoms with Gasteiger partial charge in [-0.3, -0.25) is 29.5 Å². The van der Waals surface area contributed by atoms with Gasteiger partial charge in [0, 0.05) is 55.8 Å². The molecule has 3 aromatic rings. The fraction of sp³-hybridized carbons (Fsp3) is 0.222. The molecule has 1 saturated heterocycles. The fourth-order valence-corrected chi connectivity index (χ4v) is 4.35. The Morgan fingerprint density at radius 1 is 1.08 bits per heavy atom. The number of carboxylic acid groups (broad SMARTS) is 1. The van der Waals surface area contributed by atoms with Crippen LogP contribution < -0.4 is 10.2 Å². The van der Waals surface area contributed by atoms with Crippen LogP contribution in [0.2, 0.25) is 0 Å². The van der Waals surface area contributed by atoms with E-state index in [4.69, 9.17) is 5.26 Å². The van der Waals surface area contributed by atoms with Gasteiger partial charge in [0.25, 0.3) is 17.5 Å². The Balaban J connectivity index is 1.47. The Kier molecular flexibility index (Phi) is 8.11. The zero-order chi connectivity index (χ0) is 27.9. The number of amides is 2. The van der Waals surface area contributed by atoms with Crippen molar-refractivity contribution in [2.45, 2.75) is 12.5 Å². The molecular weight excluding hydrogens is 504 g/mol. The summed E-state index contributed by atoms with van der Waals surface area (Å²) in [5, 5.41) is 32.7. The molecule has 12 heteroatoms. The summed E-state index contributed by atoms with van der Waals surface area (Å²) in [6.45, 7) is 1.35. The maximum absolute atomic E-state index is 12.9. The lowest BCUT2D eigenvalue weighted by atomic mass is 10.0. The number of anilines is 1. The third-order valence-corrected chi connectivity index (χ3v) is 6.37. The number of carbonyl (C=O) groups is 3. The lowest BCUT2D eigenvalue weighted by molar-refractivity contribution is -0.384. The van der Waals surface area contributed by atoms with Gasteiger partial charge in [0.1, 0.15) is 5.69 Å². The smallest absolute Gasteiger partial charge is 0.305 e. The molecule has 2 amide bonds. The second kappa shape index (κ2) is 11.8. The molecule has 12 nitrogen and oxygen atoms in total. The van der Waals surface area contributed by atoms with Gasteiger partial charge >= 0.3 is 5.97 Å². The number of nitro groups is 1. The minimum Gasteiger partial charge on any atom is -0.481 e. The van der Waals surface area contributed by atoms with Gasteiger partial charge in [-0.15, -0.1) is 0 Å². The SMILES string of the molecule is N#Cc1ccc(C(=O)N2CCN(c3ccc(C(=O)NC(CC(=O)O)c4cccnc4)cc3[N+](=O)[O-])CC2)cc1. The average molecular weight is 529 g/mol. The molecule has 0 spiro atoms. The molecule has 1 unspecified atom stereocenters. The van der Waals surface area contributed by atoms with Crippen LogP contribution in [0.3, 0.4) is 0 Å². The van der Waals surface area contributed by atoms with Crippen molar-refractivity contribution in [2.24, 2.45) is 0 Å². The van der Waals surface area contributed by atoms with Gasteiger partial charge in [0.2, 0.25) is 0 Å². The molecule has 1 aliphatic rings. The second-order valence-electron chi connectivity index (χ2n) is 8.84. The van der Waals surface area contributed by atoms with Gasteiger partial charge in [-0.05, 0) is 48.0 Å². The van der Waals surface area contributed by atoms with Crippen molar-refractivity contribution in [3.05, 3.63) is 99.4 Å². The standard InChI is InChI=1S/C27H24N6O6/c28-16-18-3-5-19(6-4-18)27(37)32-12-10-31(11-13-32)23-8-7-20(14-24(23)33(38)39)26(36)30-22(15-25(34)35)21-2-1-9-29-17-21/h1-9,14,17,22H,10-13,15H2,(H,30,36)(H,34,35). The van der Waals surface area contributed by atoms with Crippen LogP contribution in [0.1, 0.15) is 44.3 Å². The van der Waals surface area contributed by atoms with Crippen LogP contribution in [0.15, 0.2) is 67.0 Å². The second-order valence-corrected chi connectivity index (χ2v) is 8.84. The third kappa shape index (κ3) is 6.34. The summed E-state index contributed by atoms with van der Waals surface area (Å²) in [6.07, 6.45) is 2.59. The number of carboxylic acids is 1. The van der Waals surface area contributed by atoms with E-state index in [0.29, 0.717) is 48.6 Å². The molecular formula is C27H24N6O6. The summed E-state index contributed by atoms with van der Waals surface area (Å²) in [6, 6.07) is 14.8. The zero-order valence-electron chi connectivity index (χ0n) is 20.7. The normalized spacial score (nSPS) is 13.7. The number of nitriles is 1. The molecule has 0 aliphatic carbocycles. The first-order chi connectivity index (χ1) is 18.8. The van der Waals surface area contributed by atoms with Crippen molar-refractivity contribution >= 4 is 29.2 Å². The highest BCUT2D eigenvalue weighted by Crippen LogP contribution is 2.31. The predicted octanol–water partition coefficient (Wildman–Crippen LogP) is 2.77. The first-order valence-corrected chi connectivity index (χ1v) is 12.0. The number of nitrogens with one attached hydrogen (secondary N) is 1. The van der Waals surface area contributed by atoms with Crippen LogP contribution >= 0.6 is 0 Å². The number of aromatic nitrogens is 1. The Labute approximate surface area is 223 Å². The monoisotopic (exact) mass is 528 g/mol. The van der Waals surface area contributed by atoms with E-state index in [9.17, 15) is 29.6 Å². The van der Waals surface area contributed by atoms with Crippen molar-refractivity contribution in [3.63, 3.8) is 0 Å². The van der Waals surface area contributed by atoms with E-state index in [-0.39, 0.29) is 23.6 Å². The lowest BCUT2D eigenvalue weighted by Crippen LogP contribution is -2.49. The van der Waals surface area contributed by atoms with Gasteiger partial charge in [-0.1, -0.05) is 6.07 Å². The van der Waals surface area contributed by atoms with Crippen LogP contribution in [-0.4, -0.2) is 63.9 Å². The summed E-state index contributed by atoms with van der Waals surface area (Å²) in [4.78, 5) is 55.8. The average Bonchev–Trinajstić information content (AvgIpc) is 2.96. The van der Waals surface area contributed by atoms with Crippen LogP contribution in [0.4, 0.5) is 11.4 Å². The van der Waals surface area contributed by atoms with Crippen LogP contribution in [0.5, 0.6) is 0 Å². The van der Waals surface area contributed by atoms with Crippen molar-refractivity contribution in [1.29, 1.82) is 5.26 Å². The number of hydrogen-bond acceptors (Lipinski definition) is 8. The maximum atomic E-state index is 12.9. The Bertz CT molecular complexity index is 1430. The molecule has 2 N–H and O–H groups in total. The van der Waals surface area contributed by atoms with E-state index in [2.05, 4.69) is 10.3 Å². The van der Waals surface area contributed by atoms with E-state index in [0.717, 1.165) is 0 Å². The molecule has 0 bridgehead atoms. The first kappa shape index (κ1) is 26.7. The van der Waals surface area contributed by atoms with Crippen LogP contribution in [-0.2, 0) is 4.79 Å². The van der Waals surface area contributed by atoms with Gasteiger partial charge < -0.3 is 20.2 Å². The quantitative estimate of drug-likeness (QED) is 0.330. The summed E-state index contributed by atoms with van der Waals surface area (Å²) in [5.74, 6) is -1.97. The zero-order valence-corrected chi connectivity index (χ0v) is 20.7. The highest BCUT2D eigenvalue weighted by Gasteiger charge is 2.28. The van der Waals surface area contributed by atoms with E-state index in [1.165, 1.54) is 30.6 Å². The number of hydrogen-bond donors (Lipinski definition) is 2.